The predicted octanol–water partition coefficient (Wildman–Crippen LogP) is 0.970. The molecule has 0 aromatic carbocycles. The van der Waals surface area contributed by atoms with E-state index in [2.05, 4.69) is 24.1 Å². The molecule has 0 aliphatic heterocycles. The van der Waals surface area contributed by atoms with Crippen LogP contribution < -0.4 is 5.32 Å². The second-order valence-corrected chi connectivity index (χ2v) is 3.85. The van der Waals surface area contributed by atoms with Crippen molar-refractivity contribution >= 4 is 5.82 Å². The fourth-order valence-electron chi connectivity index (χ4n) is 1.14. The molecular formula is C11H18N2O2. The molecule has 0 saturated heterocycles. The molecule has 0 aliphatic rings. The van der Waals surface area contributed by atoms with Gasteiger partial charge in [0, 0.05) is 12.7 Å². The summed E-state index contributed by atoms with van der Waals surface area (Å²) in [5.41, 5.74) is 1.18. The molecular weight excluding hydrogens is 192 g/mol. The summed E-state index contributed by atoms with van der Waals surface area (Å²) in [6, 6.07) is 3.88. The number of rotatable bonds is 5. The molecule has 4 nitrogen and oxygen atoms in total. The average molecular weight is 210 g/mol. The minimum atomic E-state index is -0.739. The molecule has 1 aromatic heterocycles. The quantitative estimate of drug-likeness (QED) is 0.677. The summed E-state index contributed by atoms with van der Waals surface area (Å²) in [6.07, 6.45) is 1.08. The summed E-state index contributed by atoms with van der Waals surface area (Å²) in [6.45, 7) is 4.29. The van der Waals surface area contributed by atoms with Gasteiger partial charge in [-0.25, -0.2) is 4.98 Å². The van der Waals surface area contributed by atoms with Crippen molar-refractivity contribution in [1.82, 2.24) is 4.98 Å². The van der Waals surface area contributed by atoms with Crippen molar-refractivity contribution < 1.29 is 10.2 Å². The molecule has 84 valence electrons. The van der Waals surface area contributed by atoms with E-state index in [4.69, 9.17) is 10.2 Å². The summed E-state index contributed by atoms with van der Waals surface area (Å²) in [4.78, 5) is 4.20. The van der Waals surface area contributed by atoms with Crippen LogP contribution in [0.4, 0.5) is 5.82 Å². The van der Waals surface area contributed by atoms with E-state index in [0.29, 0.717) is 18.3 Å². The van der Waals surface area contributed by atoms with E-state index >= 15 is 0 Å². The van der Waals surface area contributed by atoms with Crippen molar-refractivity contribution in [3.63, 3.8) is 0 Å². The second kappa shape index (κ2) is 5.68. The molecule has 0 amide bonds. The Labute approximate surface area is 90.0 Å². The third kappa shape index (κ3) is 3.85. The Bertz CT molecular complexity index is 285. The third-order valence-corrected chi connectivity index (χ3v) is 2.18. The lowest BCUT2D eigenvalue weighted by molar-refractivity contribution is 0.105. The van der Waals surface area contributed by atoms with Crippen LogP contribution in [0.3, 0.4) is 0 Å². The number of aromatic nitrogens is 1. The standard InChI is InChI=1S/C11H18N2O2/c1-8(2)9-3-4-11(12-5-9)13-6-10(15)7-14/h3-5,8,10,14-15H,6-7H2,1-2H3,(H,12,13). The molecule has 4 heteroatoms. The van der Waals surface area contributed by atoms with Crippen LogP contribution in [0.15, 0.2) is 18.3 Å². The molecule has 0 spiro atoms. The number of nitrogens with one attached hydrogen (secondary N) is 1. The van der Waals surface area contributed by atoms with Gasteiger partial charge in [0.1, 0.15) is 5.82 Å². The van der Waals surface area contributed by atoms with Gasteiger partial charge in [0.25, 0.3) is 0 Å². The lowest BCUT2D eigenvalue weighted by Crippen LogP contribution is -2.23. The molecule has 3 N–H and O–H groups in total. The van der Waals surface area contributed by atoms with E-state index in [1.165, 1.54) is 5.56 Å². The Kier molecular flexibility index (Phi) is 4.52. The smallest absolute Gasteiger partial charge is 0.125 e. The highest BCUT2D eigenvalue weighted by Crippen LogP contribution is 2.14. The molecule has 1 heterocycles. The van der Waals surface area contributed by atoms with Crippen LogP contribution in [-0.2, 0) is 0 Å². The monoisotopic (exact) mass is 210 g/mol. The van der Waals surface area contributed by atoms with E-state index in [-0.39, 0.29) is 6.61 Å². The minimum absolute atomic E-state index is 0.239. The zero-order valence-electron chi connectivity index (χ0n) is 9.14. The van der Waals surface area contributed by atoms with Gasteiger partial charge in [-0.05, 0) is 17.5 Å². The fraction of sp³-hybridized carbons (Fsp3) is 0.545. The number of nitrogens with zero attached hydrogens (tertiary/aromatic N) is 1. The van der Waals surface area contributed by atoms with Gasteiger partial charge in [0.2, 0.25) is 0 Å². The van der Waals surface area contributed by atoms with Crippen molar-refractivity contribution in [2.45, 2.75) is 25.9 Å². The number of hydrogen-bond acceptors (Lipinski definition) is 4. The van der Waals surface area contributed by atoms with E-state index < -0.39 is 6.10 Å². The van der Waals surface area contributed by atoms with Crippen LogP contribution in [0.1, 0.15) is 25.3 Å². The molecule has 15 heavy (non-hydrogen) atoms. The van der Waals surface area contributed by atoms with Crippen LogP contribution in [0.2, 0.25) is 0 Å². The Morgan fingerprint density at radius 3 is 2.60 bits per heavy atom. The van der Waals surface area contributed by atoms with E-state index in [0.717, 1.165) is 0 Å². The van der Waals surface area contributed by atoms with E-state index in [1.807, 2.05) is 18.3 Å². The Hall–Kier alpha value is -1.13. The molecule has 1 atom stereocenters. The van der Waals surface area contributed by atoms with Crippen molar-refractivity contribution in [3.05, 3.63) is 23.9 Å². The first-order valence-electron chi connectivity index (χ1n) is 5.12. The maximum absolute atomic E-state index is 9.12. The largest absolute Gasteiger partial charge is 0.394 e. The third-order valence-electron chi connectivity index (χ3n) is 2.18. The van der Waals surface area contributed by atoms with Crippen LogP contribution >= 0.6 is 0 Å². The molecule has 0 bridgehead atoms. The molecule has 1 aromatic rings. The second-order valence-electron chi connectivity index (χ2n) is 3.85. The number of aliphatic hydroxyl groups excluding tert-OH is 2. The molecule has 0 aliphatic carbocycles. The fourth-order valence-corrected chi connectivity index (χ4v) is 1.14. The highest BCUT2D eigenvalue weighted by molar-refractivity contribution is 5.36. The molecule has 1 rings (SSSR count). The van der Waals surface area contributed by atoms with Crippen molar-refractivity contribution in [1.29, 1.82) is 0 Å². The zero-order valence-corrected chi connectivity index (χ0v) is 9.14. The van der Waals surface area contributed by atoms with Crippen LogP contribution in [0, 0.1) is 0 Å². The summed E-state index contributed by atoms with van der Waals surface area (Å²) >= 11 is 0. The average Bonchev–Trinajstić information content (AvgIpc) is 2.26. The normalized spacial score (nSPS) is 12.9. The predicted molar refractivity (Wildman–Crippen MR) is 59.9 cm³/mol. The van der Waals surface area contributed by atoms with Gasteiger partial charge in [-0.2, -0.15) is 0 Å². The number of pyridine rings is 1. The summed E-state index contributed by atoms with van der Waals surface area (Å²) in [5, 5.41) is 20.7. The van der Waals surface area contributed by atoms with Gasteiger partial charge in [-0.1, -0.05) is 19.9 Å². The molecule has 0 saturated carbocycles. The van der Waals surface area contributed by atoms with Crippen LogP contribution in [0.5, 0.6) is 0 Å². The number of aliphatic hydroxyl groups is 2. The van der Waals surface area contributed by atoms with Crippen LogP contribution in [-0.4, -0.2) is 34.5 Å². The number of hydrogen-bond donors (Lipinski definition) is 3. The first kappa shape index (κ1) is 11.9. The first-order valence-corrected chi connectivity index (χ1v) is 5.12. The highest BCUT2D eigenvalue weighted by atomic mass is 16.3. The molecule has 1 unspecified atom stereocenters. The van der Waals surface area contributed by atoms with Gasteiger partial charge < -0.3 is 15.5 Å². The summed E-state index contributed by atoms with van der Waals surface area (Å²) < 4.78 is 0. The molecule has 0 radical (unpaired) electrons. The van der Waals surface area contributed by atoms with Gasteiger partial charge >= 0.3 is 0 Å². The Morgan fingerprint density at radius 2 is 2.13 bits per heavy atom. The summed E-state index contributed by atoms with van der Waals surface area (Å²) in [7, 11) is 0. The Morgan fingerprint density at radius 1 is 1.40 bits per heavy atom. The van der Waals surface area contributed by atoms with Crippen molar-refractivity contribution in [3.8, 4) is 0 Å². The van der Waals surface area contributed by atoms with Gasteiger partial charge in [-0.15, -0.1) is 0 Å². The highest BCUT2D eigenvalue weighted by Gasteiger charge is 2.03. The summed E-state index contributed by atoms with van der Waals surface area (Å²) in [5.74, 6) is 1.18. The van der Waals surface area contributed by atoms with Crippen LogP contribution in [0.25, 0.3) is 0 Å². The number of anilines is 1. The SMILES string of the molecule is CC(C)c1ccc(NCC(O)CO)nc1. The molecule has 0 fully saturated rings. The minimum Gasteiger partial charge on any atom is -0.394 e. The Balaban J connectivity index is 2.50. The lowest BCUT2D eigenvalue weighted by atomic mass is 10.1. The van der Waals surface area contributed by atoms with E-state index in [1.54, 1.807) is 0 Å². The van der Waals surface area contributed by atoms with Gasteiger partial charge in [0.15, 0.2) is 0 Å². The zero-order chi connectivity index (χ0) is 11.3. The van der Waals surface area contributed by atoms with E-state index in [9.17, 15) is 0 Å². The van der Waals surface area contributed by atoms with Crippen molar-refractivity contribution in [2.75, 3.05) is 18.5 Å². The lowest BCUT2D eigenvalue weighted by Gasteiger charge is -2.10. The van der Waals surface area contributed by atoms with Gasteiger partial charge in [0.05, 0.1) is 12.7 Å². The maximum atomic E-state index is 9.12. The first-order chi connectivity index (χ1) is 7.13. The van der Waals surface area contributed by atoms with Crippen molar-refractivity contribution in [2.24, 2.45) is 0 Å². The topological polar surface area (TPSA) is 65.4 Å². The maximum Gasteiger partial charge on any atom is 0.125 e. The van der Waals surface area contributed by atoms with Gasteiger partial charge in [-0.3, -0.25) is 0 Å².